The minimum Gasteiger partial charge on any atom is -0.322 e. The minimum atomic E-state index is -4.27. The summed E-state index contributed by atoms with van der Waals surface area (Å²) in [4.78, 5) is 37.3. The van der Waals surface area contributed by atoms with Gasteiger partial charge in [0.25, 0.3) is 5.91 Å². The Labute approximate surface area is 190 Å². The Hall–Kier alpha value is -2.60. The van der Waals surface area contributed by atoms with Crippen molar-refractivity contribution in [3.63, 3.8) is 0 Å². The van der Waals surface area contributed by atoms with Gasteiger partial charge in [-0.1, -0.05) is 6.92 Å². The molecule has 1 aliphatic carbocycles. The molecule has 0 radical (unpaired) electrons. The summed E-state index contributed by atoms with van der Waals surface area (Å²) in [7, 11) is -4.27. The quantitative estimate of drug-likeness (QED) is 0.634. The summed E-state index contributed by atoms with van der Waals surface area (Å²) in [6, 6.07) is 1.53. The molecule has 1 aromatic rings. The lowest BCUT2D eigenvalue weighted by molar-refractivity contribution is -0.142. The van der Waals surface area contributed by atoms with Crippen LogP contribution in [0.1, 0.15) is 45.4 Å². The number of hydrogen-bond acceptors (Lipinski definition) is 5. The van der Waals surface area contributed by atoms with Gasteiger partial charge >= 0.3 is 6.03 Å². The highest BCUT2D eigenvalue weighted by atomic mass is 32.2. The van der Waals surface area contributed by atoms with Crippen molar-refractivity contribution in [1.82, 2.24) is 20.1 Å². The number of piperidine rings is 1. The second-order valence-electron chi connectivity index (χ2n) is 9.06. The van der Waals surface area contributed by atoms with Crippen LogP contribution >= 0.6 is 0 Å². The van der Waals surface area contributed by atoms with Gasteiger partial charge in [-0.15, -0.1) is 0 Å². The van der Waals surface area contributed by atoms with E-state index >= 15 is 0 Å². The van der Waals surface area contributed by atoms with Crippen LogP contribution in [0.4, 0.5) is 13.6 Å². The molecular formula is C21H26F2N4O5S. The van der Waals surface area contributed by atoms with Gasteiger partial charge in [-0.25, -0.2) is 22.0 Å². The van der Waals surface area contributed by atoms with Crippen molar-refractivity contribution in [3.05, 3.63) is 29.8 Å². The Morgan fingerprint density at radius 2 is 1.76 bits per heavy atom. The van der Waals surface area contributed by atoms with E-state index in [2.05, 4.69) is 17.7 Å². The van der Waals surface area contributed by atoms with Gasteiger partial charge in [-0.05, 0) is 62.6 Å². The third-order valence-electron chi connectivity index (χ3n) is 6.85. The molecule has 2 heterocycles. The van der Waals surface area contributed by atoms with Gasteiger partial charge in [-0.3, -0.25) is 15.0 Å². The van der Waals surface area contributed by atoms with E-state index in [1.54, 1.807) is 0 Å². The maximum absolute atomic E-state index is 14.0. The SMILES string of the molecule is CC1CCC2(CC1)NC(=O)N(NC(=O)C1CCN(S(=O)(=O)c3cc(F)ccc3F)CC1)C2=O. The molecule has 180 valence electrons. The number of nitrogens with one attached hydrogen (secondary N) is 2. The fraction of sp³-hybridized carbons (Fsp3) is 0.571. The number of sulfonamides is 1. The molecule has 1 saturated carbocycles. The molecule has 1 spiro atoms. The number of carbonyl (C=O) groups excluding carboxylic acids is 3. The topological polar surface area (TPSA) is 116 Å². The van der Waals surface area contributed by atoms with Crippen molar-refractivity contribution in [3.8, 4) is 0 Å². The molecule has 3 aliphatic rings. The van der Waals surface area contributed by atoms with Crippen molar-refractivity contribution >= 4 is 27.9 Å². The van der Waals surface area contributed by atoms with E-state index in [0.717, 1.165) is 34.3 Å². The fourth-order valence-electron chi connectivity index (χ4n) is 4.69. The minimum absolute atomic E-state index is 0.0850. The van der Waals surface area contributed by atoms with Crippen LogP contribution < -0.4 is 10.7 Å². The zero-order valence-corrected chi connectivity index (χ0v) is 19.0. The summed E-state index contributed by atoms with van der Waals surface area (Å²) < 4.78 is 53.9. The first-order valence-electron chi connectivity index (χ1n) is 11.0. The van der Waals surface area contributed by atoms with Crippen molar-refractivity contribution in [2.75, 3.05) is 13.1 Å². The van der Waals surface area contributed by atoms with E-state index in [0.29, 0.717) is 24.8 Å². The second-order valence-corrected chi connectivity index (χ2v) is 11.0. The summed E-state index contributed by atoms with van der Waals surface area (Å²) >= 11 is 0. The van der Waals surface area contributed by atoms with Crippen molar-refractivity contribution in [2.45, 2.75) is 55.9 Å². The van der Waals surface area contributed by atoms with Crippen LogP contribution in [0.15, 0.2) is 23.1 Å². The molecule has 2 saturated heterocycles. The van der Waals surface area contributed by atoms with Crippen molar-refractivity contribution < 1.29 is 31.6 Å². The Morgan fingerprint density at radius 1 is 1.12 bits per heavy atom. The van der Waals surface area contributed by atoms with Crippen molar-refractivity contribution in [2.24, 2.45) is 11.8 Å². The van der Waals surface area contributed by atoms with Crippen LogP contribution in [-0.4, -0.2) is 54.2 Å². The van der Waals surface area contributed by atoms with Gasteiger partial charge in [0.05, 0.1) is 0 Å². The molecule has 33 heavy (non-hydrogen) atoms. The van der Waals surface area contributed by atoms with Gasteiger partial charge in [-0.2, -0.15) is 9.31 Å². The average Bonchev–Trinajstić information content (AvgIpc) is 3.01. The third-order valence-corrected chi connectivity index (χ3v) is 8.76. The first kappa shape index (κ1) is 23.6. The molecule has 3 fully saturated rings. The Balaban J connectivity index is 1.37. The molecule has 4 rings (SSSR count). The van der Waals surface area contributed by atoms with E-state index in [4.69, 9.17) is 0 Å². The Morgan fingerprint density at radius 3 is 2.39 bits per heavy atom. The lowest BCUT2D eigenvalue weighted by atomic mass is 9.77. The highest BCUT2D eigenvalue weighted by molar-refractivity contribution is 7.89. The standard InChI is InChI=1S/C21H26F2N4O5S/c1-13-4-8-21(9-5-13)19(29)27(20(30)24-21)25-18(28)14-6-10-26(11-7-14)33(31,32)17-12-15(22)2-3-16(17)23/h2-3,12-14H,4-11H2,1H3,(H,24,30)(H,25,28). The predicted octanol–water partition coefficient (Wildman–Crippen LogP) is 1.90. The number of carbonyl (C=O) groups is 3. The number of nitrogens with zero attached hydrogens (tertiary/aromatic N) is 2. The predicted molar refractivity (Wildman–Crippen MR) is 112 cm³/mol. The maximum atomic E-state index is 14.0. The van der Waals surface area contributed by atoms with E-state index in [1.807, 2.05) is 0 Å². The lowest BCUT2D eigenvalue weighted by Crippen LogP contribution is -2.53. The highest BCUT2D eigenvalue weighted by Crippen LogP contribution is 2.36. The summed E-state index contributed by atoms with van der Waals surface area (Å²) in [5.74, 6) is -3.14. The summed E-state index contributed by atoms with van der Waals surface area (Å²) in [5, 5.41) is 3.45. The normalized spacial score (nSPS) is 27.1. The van der Waals surface area contributed by atoms with E-state index in [1.165, 1.54) is 0 Å². The lowest BCUT2D eigenvalue weighted by Gasteiger charge is -2.33. The monoisotopic (exact) mass is 484 g/mol. The van der Waals surface area contributed by atoms with Crippen LogP contribution in [0.3, 0.4) is 0 Å². The average molecular weight is 485 g/mol. The van der Waals surface area contributed by atoms with Gasteiger partial charge < -0.3 is 5.32 Å². The Bertz CT molecular complexity index is 1080. The number of hydrogen-bond donors (Lipinski definition) is 2. The molecule has 9 nitrogen and oxygen atoms in total. The smallest absolute Gasteiger partial charge is 0.322 e. The number of benzene rings is 1. The maximum Gasteiger partial charge on any atom is 0.344 e. The second kappa shape index (κ2) is 8.64. The van der Waals surface area contributed by atoms with Gasteiger partial charge in [0.15, 0.2) is 0 Å². The van der Waals surface area contributed by atoms with E-state index in [9.17, 15) is 31.6 Å². The van der Waals surface area contributed by atoms with E-state index in [-0.39, 0.29) is 25.9 Å². The number of hydrazine groups is 1. The molecule has 1 aromatic carbocycles. The molecule has 0 bridgehead atoms. The van der Waals surface area contributed by atoms with Gasteiger partial charge in [0.1, 0.15) is 22.1 Å². The number of amides is 4. The number of rotatable bonds is 4. The number of halogens is 2. The van der Waals surface area contributed by atoms with Crippen LogP contribution in [0.5, 0.6) is 0 Å². The van der Waals surface area contributed by atoms with Gasteiger partial charge in [0.2, 0.25) is 15.9 Å². The number of urea groups is 1. The molecule has 4 amide bonds. The zero-order valence-electron chi connectivity index (χ0n) is 18.1. The van der Waals surface area contributed by atoms with Gasteiger partial charge in [0, 0.05) is 19.0 Å². The summed E-state index contributed by atoms with van der Waals surface area (Å²) in [5.41, 5.74) is 1.41. The molecule has 2 N–H and O–H groups in total. The Kier molecular flexibility index (Phi) is 6.16. The molecule has 0 aromatic heterocycles. The fourth-order valence-corrected chi connectivity index (χ4v) is 6.24. The third kappa shape index (κ3) is 4.33. The summed E-state index contributed by atoms with van der Waals surface area (Å²) in [6.45, 7) is 1.92. The molecule has 12 heteroatoms. The van der Waals surface area contributed by atoms with Crippen LogP contribution in [0, 0.1) is 23.5 Å². The van der Waals surface area contributed by atoms with Crippen molar-refractivity contribution in [1.29, 1.82) is 0 Å². The summed E-state index contributed by atoms with van der Waals surface area (Å²) in [6.07, 6.45) is 2.83. The molecule has 2 aliphatic heterocycles. The molecule has 0 unspecified atom stereocenters. The van der Waals surface area contributed by atoms with Crippen LogP contribution in [0.25, 0.3) is 0 Å². The zero-order chi connectivity index (χ0) is 24.0. The highest BCUT2D eigenvalue weighted by Gasteiger charge is 2.53. The first-order valence-corrected chi connectivity index (χ1v) is 12.4. The molecule has 0 atom stereocenters. The molecular weight excluding hydrogens is 458 g/mol. The number of imide groups is 1. The largest absolute Gasteiger partial charge is 0.344 e. The van der Waals surface area contributed by atoms with E-state index < -0.39 is 55.9 Å². The first-order chi connectivity index (χ1) is 15.5. The van der Waals surface area contributed by atoms with Crippen LogP contribution in [-0.2, 0) is 19.6 Å². The van der Waals surface area contributed by atoms with Crippen LogP contribution in [0.2, 0.25) is 0 Å².